The molecule has 2 heterocycles. The van der Waals surface area contributed by atoms with Crippen LogP contribution in [0.4, 0.5) is 11.4 Å². The Kier molecular flexibility index (Phi) is 3.19. The Bertz CT molecular complexity index is 486. The van der Waals surface area contributed by atoms with Crippen LogP contribution in [-0.2, 0) is 4.79 Å². The van der Waals surface area contributed by atoms with Gasteiger partial charge in [-0.3, -0.25) is 4.79 Å². The largest absolute Gasteiger partial charge is 0.376 e. The number of carbonyl (C=O) groups is 1. The normalized spacial score (nSPS) is 28.4. The SMILES string of the molecule is CN(C)c1ccccc1NC(=O)C1CC2CCC1N2. The van der Waals surface area contributed by atoms with E-state index in [1.807, 2.05) is 43.3 Å². The average Bonchev–Trinajstić information content (AvgIpc) is 3.01. The van der Waals surface area contributed by atoms with Crippen LogP contribution < -0.4 is 15.5 Å². The highest BCUT2D eigenvalue weighted by atomic mass is 16.2. The molecule has 0 saturated carbocycles. The van der Waals surface area contributed by atoms with Gasteiger partial charge in [-0.1, -0.05) is 12.1 Å². The highest BCUT2D eigenvalue weighted by Crippen LogP contribution is 2.34. The maximum absolute atomic E-state index is 12.4. The maximum Gasteiger partial charge on any atom is 0.229 e. The number of hydrogen-bond donors (Lipinski definition) is 2. The van der Waals surface area contributed by atoms with E-state index in [9.17, 15) is 4.79 Å². The van der Waals surface area contributed by atoms with E-state index in [0.717, 1.165) is 24.2 Å². The van der Waals surface area contributed by atoms with Crippen molar-refractivity contribution in [1.82, 2.24) is 5.32 Å². The van der Waals surface area contributed by atoms with Crippen molar-refractivity contribution in [3.63, 3.8) is 0 Å². The lowest BCUT2D eigenvalue weighted by molar-refractivity contribution is -0.120. The Labute approximate surface area is 114 Å². The second kappa shape index (κ2) is 4.85. The number of fused-ring (bicyclic) bond motifs is 2. The number of hydrogen-bond acceptors (Lipinski definition) is 3. The quantitative estimate of drug-likeness (QED) is 0.870. The molecule has 4 nitrogen and oxygen atoms in total. The number of anilines is 2. The molecule has 0 spiro atoms. The summed E-state index contributed by atoms with van der Waals surface area (Å²) in [6.07, 6.45) is 3.35. The lowest BCUT2D eigenvalue weighted by Gasteiger charge is -2.22. The van der Waals surface area contributed by atoms with Crippen LogP contribution in [-0.4, -0.2) is 32.1 Å². The zero-order valence-corrected chi connectivity index (χ0v) is 11.5. The van der Waals surface area contributed by atoms with Crippen molar-refractivity contribution >= 4 is 17.3 Å². The summed E-state index contributed by atoms with van der Waals surface area (Å²) in [5.41, 5.74) is 1.95. The second-order valence-electron chi connectivity index (χ2n) is 5.79. The Morgan fingerprint density at radius 3 is 2.74 bits per heavy atom. The van der Waals surface area contributed by atoms with Crippen LogP contribution in [0.3, 0.4) is 0 Å². The lowest BCUT2D eigenvalue weighted by atomic mass is 9.88. The standard InChI is InChI=1S/C15H21N3O/c1-18(2)14-6-4-3-5-13(14)17-15(19)11-9-10-7-8-12(11)16-10/h3-6,10-12,16H,7-9H2,1-2H3,(H,17,19). The summed E-state index contributed by atoms with van der Waals surface area (Å²) >= 11 is 0. The summed E-state index contributed by atoms with van der Waals surface area (Å²) in [5.74, 6) is 0.294. The van der Waals surface area contributed by atoms with Crippen LogP contribution in [0.25, 0.3) is 0 Å². The zero-order chi connectivity index (χ0) is 13.4. The molecule has 0 radical (unpaired) electrons. The summed E-state index contributed by atoms with van der Waals surface area (Å²) in [7, 11) is 3.98. The number of benzene rings is 1. The molecule has 1 amide bonds. The molecule has 2 bridgehead atoms. The van der Waals surface area contributed by atoms with Crippen molar-refractivity contribution in [3.05, 3.63) is 24.3 Å². The van der Waals surface area contributed by atoms with E-state index in [-0.39, 0.29) is 11.8 Å². The number of rotatable bonds is 3. The van der Waals surface area contributed by atoms with Crippen LogP contribution in [0.15, 0.2) is 24.3 Å². The van der Waals surface area contributed by atoms with Gasteiger partial charge in [-0.15, -0.1) is 0 Å². The van der Waals surface area contributed by atoms with E-state index in [0.29, 0.717) is 12.1 Å². The predicted molar refractivity (Wildman–Crippen MR) is 77.5 cm³/mol. The highest BCUT2D eigenvalue weighted by molar-refractivity contribution is 5.96. The summed E-state index contributed by atoms with van der Waals surface area (Å²) in [6, 6.07) is 8.88. The fraction of sp³-hybridized carbons (Fsp3) is 0.533. The predicted octanol–water partition coefficient (Wildman–Crippen LogP) is 1.83. The molecule has 3 rings (SSSR count). The summed E-state index contributed by atoms with van der Waals surface area (Å²) in [6.45, 7) is 0. The molecule has 3 unspecified atom stereocenters. The van der Waals surface area contributed by atoms with Crippen molar-refractivity contribution in [2.75, 3.05) is 24.3 Å². The van der Waals surface area contributed by atoms with Crippen LogP contribution in [0.1, 0.15) is 19.3 Å². The minimum absolute atomic E-state index is 0.133. The first-order valence-electron chi connectivity index (χ1n) is 6.98. The van der Waals surface area contributed by atoms with E-state index in [4.69, 9.17) is 0 Å². The molecule has 2 aliphatic rings. The highest BCUT2D eigenvalue weighted by Gasteiger charge is 2.42. The van der Waals surface area contributed by atoms with Crippen molar-refractivity contribution in [1.29, 1.82) is 0 Å². The van der Waals surface area contributed by atoms with Crippen LogP contribution in [0.5, 0.6) is 0 Å². The molecule has 1 aromatic rings. The third-order valence-corrected chi connectivity index (χ3v) is 4.28. The smallest absolute Gasteiger partial charge is 0.229 e. The molecule has 4 heteroatoms. The zero-order valence-electron chi connectivity index (χ0n) is 11.5. The summed E-state index contributed by atoms with van der Waals surface area (Å²) in [5, 5.41) is 6.61. The molecule has 1 aromatic carbocycles. The third-order valence-electron chi connectivity index (χ3n) is 4.28. The Hall–Kier alpha value is -1.55. The number of nitrogens with one attached hydrogen (secondary N) is 2. The number of amides is 1. The van der Waals surface area contributed by atoms with Gasteiger partial charge in [0.15, 0.2) is 0 Å². The van der Waals surface area contributed by atoms with Gasteiger partial charge in [-0.2, -0.15) is 0 Å². The topological polar surface area (TPSA) is 44.4 Å². The van der Waals surface area contributed by atoms with E-state index in [1.165, 1.54) is 6.42 Å². The molecule has 0 aromatic heterocycles. The fourth-order valence-corrected chi connectivity index (χ4v) is 3.31. The van der Waals surface area contributed by atoms with Gasteiger partial charge in [0, 0.05) is 26.2 Å². The first-order chi connectivity index (χ1) is 9.15. The van der Waals surface area contributed by atoms with Crippen LogP contribution >= 0.6 is 0 Å². The molecule has 2 aliphatic heterocycles. The average molecular weight is 259 g/mol. The van der Waals surface area contributed by atoms with Gasteiger partial charge in [-0.25, -0.2) is 0 Å². The van der Waals surface area contributed by atoms with Crippen molar-refractivity contribution in [3.8, 4) is 0 Å². The Balaban J connectivity index is 1.73. The molecule has 102 valence electrons. The lowest BCUT2D eigenvalue weighted by Crippen LogP contribution is -2.33. The molecule has 2 N–H and O–H groups in total. The van der Waals surface area contributed by atoms with Crippen molar-refractivity contribution < 1.29 is 4.79 Å². The summed E-state index contributed by atoms with van der Waals surface area (Å²) < 4.78 is 0. The summed E-state index contributed by atoms with van der Waals surface area (Å²) in [4.78, 5) is 14.4. The van der Waals surface area contributed by atoms with Crippen molar-refractivity contribution in [2.24, 2.45) is 5.92 Å². The fourth-order valence-electron chi connectivity index (χ4n) is 3.31. The number of carbonyl (C=O) groups excluding carboxylic acids is 1. The van der Waals surface area contributed by atoms with E-state index in [2.05, 4.69) is 10.6 Å². The van der Waals surface area contributed by atoms with Gasteiger partial charge in [0.1, 0.15) is 0 Å². The van der Waals surface area contributed by atoms with Gasteiger partial charge in [-0.05, 0) is 31.4 Å². The Morgan fingerprint density at radius 2 is 2.11 bits per heavy atom. The number of para-hydroxylation sites is 2. The maximum atomic E-state index is 12.4. The van der Waals surface area contributed by atoms with Gasteiger partial charge in [0.05, 0.1) is 17.3 Å². The second-order valence-corrected chi connectivity index (χ2v) is 5.79. The van der Waals surface area contributed by atoms with E-state index >= 15 is 0 Å². The van der Waals surface area contributed by atoms with Gasteiger partial charge < -0.3 is 15.5 Å². The molecular formula is C15H21N3O. The molecule has 0 aliphatic carbocycles. The van der Waals surface area contributed by atoms with E-state index < -0.39 is 0 Å². The molecule has 2 fully saturated rings. The third kappa shape index (κ3) is 2.32. The monoisotopic (exact) mass is 259 g/mol. The molecule has 2 saturated heterocycles. The first kappa shape index (κ1) is 12.5. The molecular weight excluding hydrogens is 238 g/mol. The van der Waals surface area contributed by atoms with Crippen LogP contribution in [0.2, 0.25) is 0 Å². The number of nitrogens with zero attached hydrogens (tertiary/aromatic N) is 1. The van der Waals surface area contributed by atoms with Gasteiger partial charge in [0.2, 0.25) is 5.91 Å². The van der Waals surface area contributed by atoms with E-state index in [1.54, 1.807) is 0 Å². The Morgan fingerprint density at radius 1 is 1.32 bits per heavy atom. The van der Waals surface area contributed by atoms with Crippen LogP contribution in [0, 0.1) is 5.92 Å². The molecule has 19 heavy (non-hydrogen) atoms. The minimum atomic E-state index is 0.133. The molecule has 3 atom stereocenters. The van der Waals surface area contributed by atoms with Gasteiger partial charge in [0.25, 0.3) is 0 Å². The van der Waals surface area contributed by atoms with Gasteiger partial charge >= 0.3 is 0 Å². The first-order valence-corrected chi connectivity index (χ1v) is 6.98. The van der Waals surface area contributed by atoms with Crippen molar-refractivity contribution in [2.45, 2.75) is 31.3 Å². The minimum Gasteiger partial charge on any atom is -0.376 e.